The second kappa shape index (κ2) is 51.1. The third-order valence-corrected chi connectivity index (χ3v) is 9.63. The summed E-state index contributed by atoms with van der Waals surface area (Å²) in [5.41, 5.74) is 0. The largest absolute Gasteiger partial charge is 0.462 e. The van der Waals surface area contributed by atoms with Crippen LogP contribution in [0.3, 0.4) is 0 Å². The predicted molar refractivity (Wildman–Crippen MR) is 269 cm³/mol. The van der Waals surface area contributed by atoms with Gasteiger partial charge in [0.25, 0.3) is 0 Å². The highest BCUT2D eigenvalue weighted by atomic mass is 16.6. The average Bonchev–Trinajstić information content (AvgIpc) is 3.28. The fraction of sp³-hybridized carbons (Fsp3) is 0.544. The zero-order chi connectivity index (χ0) is 44.9. The number of esters is 2. The van der Waals surface area contributed by atoms with Gasteiger partial charge in [-0.15, -0.1) is 0 Å². The van der Waals surface area contributed by atoms with Crippen molar-refractivity contribution in [3.63, 3.8) is 0 Å². The van der Waals surface area contributed by atoms with E-state index in [-0.39, 0.29) is 25.2 Å². The SMILES string of the molecule is CC/C=C\C/C=C\C/C=C\C/C=C\C/C=C\C/C=C\C/C=C\C/C=C\CCCCCCCCCCC(=O)OC(CO)COC(=O)CCCC/C=C\C/C=C\C/C=C\C/C=C\CC. The molecule has 0 aromatic heterocycles. The van der Waals surface area contributed by atoms with Crippen molar-refractivity contribution in [3.05, 3.63) is 146 Å². The molecule has 0 aromatic rings. The lowest BCUT2D eigenvalue weighted by Gasteiger charge is -2.15. The van der Waals surface area contributed by atoms with Gasteiger partial charge in [-0.2, -0.15) is 0 Å². The van der Waals surface area contributed by atoms with Crippen LogP contribution < -0.4 is 0 Å². The Morgan fingerprint density at radius 3 is 1.00 bits per heavy atom. The van der Waals surface area contributed by atoms with Gasteiger partial charge in [-0.1, -0.05) is 198 Å². The number of hydrogen-bond donors (Lipinski definition) is 1. The molecule has 0 aliphatic heterocycles. The lowest BCUT2D eigenvalue weighted by Crippen LogP contribution is -2.28. The highest BCUT2D eigenvalue weighted by Gasteiger charge is 2.16. The molecule has 0 aromatic carbocycles. The van der Waals surface area contributed by atoms with Crippen LogP contribution in [-0.4, -0.2) is 36.4 Å². The molecule has 1 atom stereocenters. The van der Waals surface area contributed by atoms with Gasteiger partial charge in [-0.05, 0) is 116 Å². The minimum Gasteiger partial charge on any atom is -0.462 e. The number of allylic oxidation sites excluding steroid dienone is 24. The minimum absolute atomic E-state index is 0.101. The molecule has 1 unspecified atom stereocenters. The van der Waals surface area contributed by atoms with Crippen LogP contribution >= 0.6 is 0 Å². The van der Waals surface area contributed by atoms with Crippen molar-refractivity contribution in [1.82, 2.24) is 0 Å². The molecule has 0 heterocycles. The summed E-state index contributed by atoms with van der Waals surface area (Å²) in [5.74, 6) is -0.663. The van der Waals surface area contributed by atoms with E-state index >= 15 is 0 Å². The van der Waals surface area contributed by atoms with Crippen LogP contribution in [0.25, 0.3) is 0 Å². The summed E-state index contributed by atoms with van der Waals surface area (Å²) in [7, 11) is 0. The van der Waals surface area contributed by atoms with Crippen LogP contribution in [0, 0.1) is 0 Å². The highest BCUT2D eigenvalue weighted by molar-refractivity contribution is 5.70. The number of unbranched alkanes of at least 4 members (excludes halogenated alkanes) is 10. The number of carbonyl (C=O) groups excluding carboxylic acids is 2. The van der Waals surface area contributed by atoms with E-state index in [2.05, 4.69) is 160 Å². The molecule has 5 heteroatoms. The summed E-state index contributed by atoms with van der Waals surface area (Å²) in [5, 5.41) is 9.60. The van der Waals surface area contributed by atoms with Gasteiger partial charge >= 0.3 is 11.9 Å². The van der Waals surface area contributed by atoms with E-state index in [4.69, 9.17) is 9.47 Å². The Kier molecular flexibility index (Phi) is 47.7. The topological polar surface area (TPSA) is 72.8 Å². The maximum absolute atomic E-state index is 12.2. The van der Waals surface area contributed by atoms with Crippen LogP contribution in [0.4, 0.5) is 0 Å². The Hall–Kier alpha value is -4.22. The molecule has 1 N–H and O–H groups in total. The van der Waals surface area contributed by atoms with Gasteiger partial charge < -0.3 is 14.6 Å². The van der Waals surface area contributed by atoms with Crippen molar-refractivity contribution in [1.29, 1.82) is 0 Å². The summed E-state index contributed by atoms with van der Waals surface area (Å²) in [4.78, 5) is 24.4. The fourth-order valence-corrected chi connectivity index (χ4v) is 6.03. The molecular formula is C57H88O5. The summed E-state index contributed by atoms with van der Waals surface area (Å²) in [6, 6.07) is 0. The molecule has 5 nitrogen and oxygen atoms in total. The molecule has 0 saturated heterocycles. The quantitative estimate of drug-likeness (QED) is 0.0376. The number of aliphatic hydroxyl groups is 1. The van der Waals surface area contributed by atoms with Crippen molar-refractivity contribution in [2.24, 2.45) is 0 Å². The zero-order valence-corrected chi connectivity index (χ0v) is 39.3. The van der Waals surface area contributed by atoms with Crippen LogP contribution in [-0.2, 0) is 19.1 Å². The molecular weight excluding hydrogens is 765 g/mol. The maximum Gasteiger partial charge on any atom is 0.306 e. The molecule has 0 spiro atoms. The summed E-state index contributed by atoms with van der Waals surface area (Å²) < 4.78 is 10.6. The molecule has 0 aliphatic rings. The first-order valence-electron chi connectivity index (χ1n) is 24.4. The summed E-state index contributed by atoms with van der Waals surface area (Å²) in [6.07, 6.45) is 77.9. The van der Waals surface area contributed by atoms with Crippen molar-refractivity contribution in [3.8, 4) is 0 Å². The second-order valence-electron chi connectivity index (χ2n) is 15.4. The monoisotopic (exact) mass is 853 g/mol. The smallest absolute Gasteiger partial charge is 0.306 e. The number of aliphatic hydroxyl groups excluding tert-OH is 1. The highest BCUT2D eigenvalue weighted by Crippen LogP contribution is 2.12. The summed E-state index contributed by atoms with van der Waals surface area (Å²) >= 11 is 0. The molecule has 0 amide bonds. The first-order valence-corrected chi connectivity index (χ1v) is 24.4. The van der Waals surface area contributed by atoms with Crippen molar-refractivity contribution >= 4 is 11.9 Å². The Morgan fingerprint density at radius 2 is 0.645 bits per heavy atom. The molecule has 62 heavy (non-hydrogen) atoms. The maximum atomic E-state index is 12.2. The fourth-order valence-electron chi connectivity index (χ4n) is 6.03. The number of carbonyl (C=O) groups is 2. The third kappa shape index (κ3) is 48.4. The lowest BCUT2D eigenvalue weighted by atomic mass is 10.1. The van der Waals surface area contributed by atoms with E-state index in [1.165, 1.54) is 32.1 Å². The second-order valence-corrected chi connectivity index (χ2v) is 15.4. The number of hydrogen-bond acceptors (Lipinski definition) is 5. The van der Waals surface area contributed by atoms with Gasteiger partial charge in [0.2, 0.25) is 0 Å². The molecule has 0 aliphatic carbocycles. The molecule has 0 bridgehead atoms. The molecule has 0 radical (unpaired) electrons. The van der Waals surface area contributed by atoms with E-state index in [0.29, 0.717) is 12.8 Å². The van der Waals surface area contributed by atoms with E-state index in [9.17, 15) is 14.7 Å². The number of ether oxygens (including phenoxy) is 2. The van der Waals surface area contributed by atoms with Crippen molar-refractivity contribution < 1.29 is 24.2 Å². The molecule has 0 saturated carbocycles. The van der Waals surface area contributed by atoms with Crippen LogP contribution in [0.5, 0.6) is 0 Å². The zero-order valence-electron chi connectivity index (χ0n) is 39.3. The number of rotatable bonds is 42. The van der Waals surface area contributed by atoms with E-state index < -0.39 is 6.10 Å². The van der Waals surface area contributed by atoms with Gasteiger partial charge in [0, 0.05) is 12.8 Å². The van der Waals surface area contributed by atoms with Crippen LogP contribution in [0.2, 0.25) is 0 Å². The van der Waals surface area contributed by atoms with E-state index in [1.807, 2.05) is 0 Å². The van der Waals surface area contributed by atoms with Gasteiger partial charge in [0.1, 0.15) is 6.61 Å². The van der Waals surface area contributed by atoms with Gasteiger partial charge in [0.05, 0.1) is 6.61 Å². The van der Waals surface area contributed by atoms with Crippen molar-refractivity contribution in [2.75, 3.05) is 13.2 Å². The average molecular weight is 853 g/mol. The van der Waals surface area contributed by atoms with Gasteiger partial charge in [0.15, 0.2) is 6.10 Å². The van der Waals surface area contributed by atoms with E-state index in [0.717, 1.165) is 122 Å². The third-order valence-electron chi connectivity index (χ3n) is 9.63. The Morgan fingerprint density at radius 1 is 0.371 bits per heavy atom. The van der Waals surface area contributed by atoms with Gasteiger partial charge in [-0.3, -0.25) is 9.59 Å². The minimum atomic E-state index is -0.804. The first kappa shape index (κ1) is 57.8. The normalized spacial score (nSPS) is 13.5. The van der Waals surface area contributed by atoms with Crippen molar-refractivity contribution in [2.45, 2.75) is 187 Å². The molecule has 346 valence electrons. The van der Waals surface area contributed by atoms with Gasteiger partial charge in [-0.25, -0.2) is 0 Å². The first-order chi connectivity index (χ1) is 30.6. The Labute approximate surface area is 380 Å². The Balaban J connectivity index is 3.66. The lowest BCUT2D eigenvalue weighted by molar-refractivity contribution is -0.161. The predicted octanol–water partition coefficient (Wildman–Crippen LogP) is 16.3. The van der Waals surface area contributed by atoms with Crippen LogP contribution in [0.15, 0.2) is 146 Å². The molecule has 0 rings (SSSR count). The summed E-state index contributed by atoms with van der Waals surface area (Å²) in [6.45, 7) is 3.84. The Bertz CT molecular complexity index is 1380. The molecule has 0 fully saturated rings. The van der Waals surface area contributed by atoms with E-state index in [1.54, 1.807) is 0 Å². The van der Waals surface area contributed by atoms with Crippen LogP contribution in [0.1, 0.15) is 181 Å². The standard InChI is InChI=1S/C57H88O5/c1-3-5-7-9-11-13-15-17-19-20-21-22-23-24-25-26-27-28-29-30-31-32-33-34-35-36-38-40-42-44-46-48-50-52-57(60)62-55(53-58)54-61-56(59)51-49-47-45-43-41-39-37-18-16-14-12-10-8-6-4-2/h5-8,11-14,17-19,21-22,24-25,27-28,30-31,33-34,37,41,43,55,58H,3-4,9-10,15-16,20,23,26,29,32,35-36,38-40,42,44-54H2,1-2H3/b7-5-,8-6-,13-11-,14-12-,19-17-,22-21-,25-24-,28-27-,31-30-,34-33-,37-18-,43-41-.